The number of benzene rings is 4. The van der Waals surface area contributed by atoms with Gasteiger partial charge in [0.15, 0.2) is 11.5 Å². The van der Waals surface area contributed by atoms with E-state index in [2.05, 4.69) is 75.7 Å². The van der Waals surface area contributed by atoms with Gasteiger partial charge in [0.1, 0.15) is 24.7 Å². The first kappa shape index (κ1) is 103. The van der Waals surface area contributed by atoms with Gasteiger partial charge in [0, 0.05) is 59.1 Å². The average molecular weight is 1770 g/mol. The predicted molar refractivity (Wildman–Crippen MR) is 457 cm³/mol. The molecule has 10 N–H and O–H groups in total. The molecule has 40 nitrogen and oxygen atoms in total. The summed E-state index contributed by atoms with van der Waals surface area (Å²) in [5.41, 5.74) is 2.80. The molecule has 4 aromatic carbocycles. The van der Waals surface area contributed by atoms with Crippen LogP contribution >= 0.6 is 0 Å². The number of anilines is 10. The zero-order chi connectivity index (χ0) is 86.3. The van der Waals surface area contributed by atoms with Crippen molar-refractivity contribution in [2.75, 3.05) is 309 Å². The summed E-state index contributed by atoms with van der Waals surface area (Å²) in [4.78, 5) is 27.6. The standard InChI is InChI=1S/C80H124N12O28S2/c1-3-5-21-81-75-87-77(83-67-13-17-71(18-14-67)117-61-59-115-57-55-113-53-51-111-49-47-109-45-43-107-41-39-105-37-35-103-33-31-101-29-27-99-25-23-93)91-79(89-75)85-69-11-9-65(73(63-69)119-121(95)96)7-8-66-10-12-70(64-74(66)120-122(97)98)86-80-90-76(82-22-6-4-2)88-78(92-80)84-68-15-19-72(20-16-68)118-62-60-116-58-56-114-54-52-112-50-48-110-46-44-108-42-40-106-38-36-104-34-32-102-30-28-100-26-24-94/h7-20,63-64,93-94H,3-6,21-62H2,1-2H3,(H,95,96)(H,97,98)(H3,81,83,85,87,89,91)(H3,82,84,86,88,90,92)/b8-7+. The van der Waals surface area contributed by atoms with Gasteiger partial charge in [0.2, 0.25) is 35.7 Å². The lowest BCUT2D eigenvalue weighted by Gasteiger charge is -2.13. The molecule has 0 radical (unpaired) electrons. The second kappa shape index (κ2) is 70.4. The first-order valence-corrected chi connectivity index (χ1v) is 42.8. The van der Waals surface area contributed by atoms with Gasteiger partial charge < -0.3 is 145 Å². The van der Waals surface area contributed by atoms with Crippen molar-refractivity contribution in [3.8, 4) is 23.0 Å². The zero-order valence-corrected chi connectivity index (χ0v) is 71.5. The molecule has 0 aliphatic rings. The van der Waals surface area contributed by atoms with Gasteiger partial charge in [-0.25, -0.2) is 0 Å². The molecule has 0 aliphatic carbocycles. The minimum absolute atomic E-state index is 0.000957. The molecule has 122 heavy (non-hydrogen) atoms. The molecular formula is C80H124N12O28S2. The Morgan fingerprint density at radius 2 is 0.500 bits per heavy atom. The molecule has 6 aromatic rings. The number of ether oxygens (including phenoxy) is 20. The van der Waals surface area contributed by atoms with Gasteiger partial charge in [-0.3, -0.25) is 9.11 Å². The van der Waals surface area contributed by atoms with Crippen molar-refractivity contribution in [3.63, 3.8) is 0 Å². The molecule has 0 saturated heterocycles. The highest BCUT2D eigenvalue weighted by Crippen LogP contribution is 2.32. The number of nitrogens with zero attached hydrogens (tertiary/aromatic N) is 6. The summed E-state index contributed by atoms with van der Waals surface area (Å²) < 4.78 is 166. The normalized spacial score (nSPS) is 12.0. The van der Waals surface area contributed by atoms with Crippen molar-refractivity contribution >= 4 is 93.3 Å². The Morgan fingerprint density at radius 3 is 0.730 bits per heavy atom. The fourth-order valence-corrected chi connectivity index (χ4v) is 10.5. The number of nitrogens with one attached hydrogen (secondary N) is 6. The van der Waals surface area contributed by atoms with Gasteiger partial charge in [0.25, 0.3) is 0 Å². The minimum atomic E-state index is -2.75. The Bertz CT molecular complexity index is 3450. The van der Waals surface area contributed by atoms with Crippen LogP contribution in [0.2, 0.25) is 0 Å². The summed E-state index contributed by atoms with van der Waals surface area (Å²) in [6.07, 6.45) is 6.74. The van der Waals surface area contributed by atoms with Crippen LogP contribution < -0.4 is 49.7 Å². The number of aliphatic hydroxyl groups excluding tert-OH is 2. The van der Waals surface area contributed by atoms with Crippen LogP contribution in [0.1, 0.15) is 50.7 Å². The van der Waals surface area contributed by atoms with Crippen LogP contribution in [0.15, 0.2) is 84.9 Å². The molecule has 2 unspecified atom stereocenters. The summed E-state index contributed by atoms with van der Waals surface area (Å²) in [7, 11) is 0. The van der Waals surface area contributed by atoms with Crippen LogP contribution in [-0.2, 0) is 108 Å². The minimum Gasteiger partial charge on any atom is -0.491 e. The van der Waals surface area contributed by atoms with Gasteiger partial charge in [-0.2, -0.15) is 38.3 Å². The fourth-order valence-electron chi connectivity index (χ4n) is 9.94. The van der Waals surface area contributed by atoms with Crippen molar-refractivity contribution in [2.45, 2.75) is 39.5 Å². The predicted octanol–water partition coefficient (Wildman–Crippen LogP) is 7.70. The van der Waals surface area contributed by atoms with Gasteiger partial charge >= 0.3 is 22.7 Å². The van der Waals surface area contributed by atoms with Gasteiger partial charge in [-0.05, 0) is 85.6 Å². The maximum Gasteiger partial charge on any atom is 0.357 e. The third-order valence-electron chi connectivity index (χ3n) is 15.8. The van der Waals surface area contributed by atoms with Gasteiger partial charge in [0.05, 0.1) is 251 Å². The lowest BCUT2D eigenvalue weighted by atomic mass is 10.1. The number of rotatable bonds is 82. The van der Waals surface area contributed by atoms with Crippen molar-refractivity contribution < 1.29 is 131 Å². The number of unbranched alkanes of at least 4 members (excludes halogenated alkanes) is 2. The lowest BCUT2D eigenvalue weighted by molar-refractivity contribution is -0.0258. The Labute approximate surface area is 718 Å². The van der Waals surface area contributed by atoms with E-state index >= 15 is 0 Å². The van der Waals surface area contributed by atoms with E-state index in [0.29, 0.717) is 321 Å². The van der Waals surface area contributed by atoms with Crippen LogP contribution in [0.3, 0.4) is 0 Å². The molecule has 6 rings (SSSR count). The molecule has 0 aliphatic heterocycles. The molecule has 0 fully saturated rings. The van der Waals surface area contributed by atoms with E-state index in [1.54, 1.807) is 60.7 Å². The monoisotopic (exact) mass is 1760 g/mol. The topological polar surface area (TPSA) is 468 Å². The summed E-state index contributed by atoms with van der Waals surface area (Å²) >= 11 is -5.50. The quantitative estimate of drug-likeness (QED) is 0.00992. The first-order valence-electron chi connectivity index (χ1n) is 40.8. The molecule has 42 heteroatoms. The summed E-state index contributed by atoms with van der Waals surface area (Å²) in [5, 5.41) is 36.6. The summed E-state index contributed by atoms with van der Waals surface area (Å²) in [5.74, 6) is 2.52. The molecule has 2 heterocycles. The highest BCUT2D eigenvalue weighted by atomic mass is 32.2. The Hall–Kier alpha value is -7.94. The van der Waals surface area contributed by atoms with E-state index in [0.717, 1.165) is 25.7 Å². The number of aliphatic hydroxyl groups is 2. The van der Waals surface area contributed by atoms with Crippen molar-refractivity contribution in [3.05, 3.63) is 96.1 Å². The Balaban J connectivity index is 0.869. The Morgan fingerprint density at radius 1 is 0.287 bits per heavy atom. The van der Waals surface area contributed by atoms with E-state index in [4.69, 9.17) is 113 Å². The van der Waals surface area contributed by atoms with Gasteiger partial charge in [-0.15, -0.1) is 0 Å². The average Bonchev–Trinajstić information content (AvgIpc) is 0.826. The van der Waals surface area contributed by atoms with Crippen molar-refractivity contribution in [2.24, 2.45) is 0 Å². The van der Waals surface area contributed by atoms with E-state index in [-0.39, 0.29) is 48.5 Å². The number of hydrogen-bond donors (Lipinski definition) is 10. The molecule has 0 amide bonds. The second-order valence-corrected chi connectivity index (χ2v) is 26.5. The summed E-state index contributed by atoms with van der Waals surface area (Å²) in [6.45, 7) is 21.5. The van der Waals surface area contributed by atoms with E-state index in [9.17, 15) is 17.5 Å². The number of hydrogen-bond acceptors (Lipinski definition) is 38. The lowest BCUT2D eigenvalue weighted by Crippen LogP contribution is -2.15. The van der Waals surface area contributed by atoms with Gasteiger partial charge in [-0.1, -0.05) is 38.8 Å². The van der Waals surface area contributed by atoms with Crippen LogP contribution in [0.25, 0.3) is 12.2 Å². The van der Waals surface area contributed by atoms with Crippen molar-refractivity contribution in [1.29, 1.82) is 0 Å². The first-order chi connectivity index (χ1) is 60.1. The smallest absolute Gasteiger partial charge is 0.357 e. The van der Waals surface area contributed by atoms with E-state index in [1.165, 1.54) is 12.1 Å². The summed E-state index contributed by atoms with van der Waals surface area (Å²) in [6, 6.07) is 24.1. The molecule has 0 spiro atoms. The molecule has 2 atom stereocenters. The molecule has 2 aromatic heterocycles. The maximum atomic E-state index is 12.2. The van der Waals surface area contributed by atoms with E-state index < -0.39 is 22.7 Å². The SMILES string of the molecule is CCCCNc1nc(Nc2ccc(OCCOCCOCCOCCOCCOCCOCCOCCOCCOCCO)cc2)nc(Nc2ccc(/C=C/c3ccc(Nc4nc(NCCCC)nc(Nc5ccc(OCCOCCOCCOCCOCCOCCOCCOCCOCCOCCO)cc5)n4)cc3OS(=O)O)c(OS(=O)O)c2)n1. The van der Waals surface area contributed by atoms with Crippen LogP contribution in [-0.4, -0.2) is 335 Å². The second-order valence-electron chi connectivity index (χ2n) is 25.3. The van der Waals surface area contributed by atoms with Crippen molar-refractivity contribution in [1.82, 2.24) is 29.9 Å². The van der Waals surface area contributed by atoms with Crippen LogP contribution in [0, 0.1) is 0 Å². The fraction of sp³-hybridized carbons (Fsp3) is 0.600. The molecule has 0 bridgehead atoms. The largest absolute Gasteiger partial charge is 0.491 e. The Kier molecular flexibility index (Phi) is 59.3. The zero-order valence-electron chi connectivity index (χ0n) is 69.9. The highest BCUT2D eigenvalue weighted by Gasteiger charge is 2.16. The third kappa shape index (κ3) is 52.0. The molecule has 684 valence electrons. The highest BCUT2D eigenvalue weighted by molar-refractivity contribution is 7.74. The van der Waals surface area contributed by atoms with Crippen LogP contribution in [0.5, 0.6) is 23.0 Å². The third-order valence-corrected chi connectivity index (χ3v) is 16.5. The van der Waals surface area contributed by atoms with Crippen LogP contribution in [0.4, 0.5) is 58.4 Å². The van der Waals surface area contributed by atoms with E-state index in [1.807, 2.05) is 24.3 Å². The molecule has 0 saturated carbocycles. The maximum absolute atomic E-state index is 12.2. The molecular weight excluding hydrogens is 1640 g/mol. The number of aromatic nitrogens is 6.